The summed E-state index contributed by atoms with van der Waals surface area (Å²) in [6.45, 7) is 1.24. The lowest BCUT2D eigenvalue weighted by Crippen LogP contribution is -2.00. The Balaban J connectivity index is 1.72. The molecule has 2 aromatic heterocycles. The number of thiophene rings is 1. The van der Waals surface area contributed by atoms with Gasteiger partial charge in [-0.1, -0.05) is 6.07 Å². The van der Waals surface area contributed by atoms with Crippen LogP contribution in [0.1, 0.15) is 10.6 Å². The zero-order valence-corrected chi connectivity index (χ0v) is 9.74. The zero-order valence-electron chi connectivity index (χ0n) is 8.93. The molecular formula is C12H14N2OS. The molecule has 2 N–H and O–H groups in total. The second-order valence-electron chi connectivity index (χ2n) is 3.46. The molecule has 84 valence electrons. The van der Waals surface area contributed by atoms with Crippen molar-refractivity contribution >= 4 is 17.0 Å². The molecule has 0 atom stereocenters. The van der Waals surface area contributed by atoms with E-state index < -0.39 is 0 Å². The molecular weight excluding hydrogens is 220 g/mol. The number of nitrogens with two attached hydrogens (primary N) is 1. The third kappa shape index (κ3) is 3.32. The van der Waals surface area contributed by atoms with Crippen LogP contribution in [-0.2, 0) is 17.8 Å². The van der Waals surface area contributed by atoms with Gasteiger partial charge in [-0.2, -0.15) is 0 Å². The average Bonchev–Trinajstić information content (AvgIpc) is 2.77. The highest BCUT2D eigenvalue weighted by atomic mass is 32.1. The first-order valence-corrected chi connectivity index (χ1v) is 6.03. The Kier molecular flexibility index (Phi) is 3.91. The van der Waals surface area contributed by atoms with Crippen molar-refractivity contribution in [2.75, 3.05) is 12.3 Å². The van der Waals surface area contributed by atoms with Gasteiger partial charge in [-0.15, -0.1) is 11.3 Å². The molecule has 0 spiro atoms. The fraction of sp³-hybridized carbons (Fsp3) is 0.250. The molecule has 4 heteroatoms. The predicted octanol–water partition coefficient (Wildman–Crippen LogP) is 2.48. The van der Waals surface area contributed by atoms with E-state index in [4.69, 9.17) is 10.5 Å². The number of nitrogens with zero attached hydrogens (tertiary/aromatic N) is 1. The molecule has 0 radical (unpaired) electrons. The van der Waals surface area contributed by atoms with Gasteiger partial charge in [0.1, 0.15) is 0 Å². The van der Waals surface area contributed by atoms with E-state index in [1.807, 2.05) is 6.07 Å². The van der Waals surface area contributed by atoms with Crippen LogP contribution in [-0.4, -0.2) is 11.6 Å². The maximum absolute atomic E-state index is 5.65. The van der Waals surface area contributed by atoms with Crippen LogP contribution in [0.15, 0.2) is 35.8 Å². The van der Waals surface area contributed by atoms with Crippen LogP contribution >= 0.6 is 11.3 Å². The Morgan fingerprint density at radius 2 is 2.31 bits per heavy atom. The SMILES string of the molecule is Nc1ccnc(COCCc2cccs2)c1. The van der Waals surface area contributed by atoms with Gasteiger partial charge < -0.3 is 10.5 Å². The maximum Gasteiger partial charge on any atom is 0.0888 e. The second-order valence-corrected chi connectivity index (χ2v) is 4.49. The lowest BCUT2D eigenvalue weighted by atomic mass is 10.3. The topological polar surface area (TPSA) is 48.1 Å². The van der Waals surface area contributed by atoms with Crippen LogP contribution in [0, 0.1) is 0 Å². The predicted molar refractivity (Wildman–Crippen MR) is 66.3 cm³/mol. The minimum absolute atomic E-state index is 0.524. The summed E-state index contributed by atoms with van der Waals surface area (Å²) in [5, 5.41) is 2.08. The van der Waals surface area contributed by atoms with Crippen molar-refractivity contribution in [2.45, 2.75) is 13.0 Å². The van der Waals surface area contributed by atoms with E-state index in [1.54, 1.807) is 23.6 Å². The first-order chi connectivity index (χ1) is 7.84. The van der Waals surface area contributed by atoms with Gasteiger partial charge in [0.25, 0.3) is 0 Å². The second kappa shape index (κ2) is 5.63. The number of rotatable bonds is 5. The summed E-state index contributed by atoms with van der Waals surface area (Å²) in [7, 11) is 0. The highest BCUT2D eigenvalue weighted by Crippen LogP contribution is 2.09. The largest absolute Gasteiger partial charge is 0.399 e. The standard InChI is InChI=1S/C12H14N2OS/c13-10-3-5-14-11(8-10)9-15-6-4-12-2-1-7-16-12/h1-3,5,7-8H,4,6,9H2,(H2,13,14). The molecule has 2 rings (SSSR count). The molecule has 3 nitrogen and oxygen atoms in total. The summed E-state index contributed by atoms with van der Waals surface area (Å²) in [6, 6.07) is 7.78. The summed E-state index contributed by atoms with van der Waals surface area (Å²) < 4.78 is 5.54. The lowest BCUT2D eigenvalue weighted by Gasteiger charge is -2.03. The number of hydrogen-bond donors (Lipinski definition) is 1. The number of ether oxygens (including phenoxy) is 1. The van der Waals surface area contributed by atoms with Gasteiger partial charge in [-0.3, -0.25) is 4.98 Å². The van der Waals surface area contributed by atoms with Crippen molar-refractivity contribution < 1.29 is 4.74 Å². The molecule has 16 heavy (non-hydrogen) atoms. The van der Waals surface area contributed by atoms with Crippen LogP contribution < -0.4 is 5.73 Å². The van der Waals surface area contributed by atoms with Gasteiger partial charge in [-0.25, -0.2) is 0 Å². The summed E-state index contributed by atoms with van der Waals surface area (Å²) >= 11 is 1.76. The van der Waals surface area contributed by atoms with E-state index in [2.05, 4.69) is 22.5 Å². The fourth-order valence-corrected chi connectivity index (χ4v) is 2.07. The summed E-state index contributed by atoms with van der Waals surface area (Å²) in [4.78, 5) is 5.52. The summed E-state index contributed by atoms with van der Waals surface area (Å²) in [5.41, 5.74) is 7.26. The van der Waals surface area contributed by atoms with E-state index in [-0.39, 0.29) is 0 Å². The van der Waals surface area contributed by atoms with Crippen molar-refractivity contribution in [3.8, 4) is 0 Å². The molecule has 0 aliphatic carbocycles. The summed E-state index contributed by atoms with van der Waals surface area (Å²) in [5.74, 6) is 0. The van der Waals surface area contributed by atoms with Gasteiger partial charge in [0, 0.05) is 23.2 Å². The Hall–Kier alpha value is -1.39. The number of aromatic nitrogens is 1. The third-order valence-electron chi connectivity index (χ3n) is 2.16. The van der Waals surface area contributed by atoms with Crippen LogP contribution in [0.25, 0.3) is 0 Å². The van der Waals surface area contributed by atoms with Gasteiger partial charge in [-0.05, 0) is 23.6 Å². The molecule has 0 saturated carbocycles. The molecule has 0 aliphatic rings. The van der Waals surface area contributed by atoms with E-state index in [0.717, 1.165) is 24.4 Å². The Morgan fingerprint density at radius 3 is 3.06 bits per heavy atom. The smallest absolute Gasteiger partial charge is 0.0888 e. The van der Waals surface area contributed by atoms with Crippen molar-refractivity contribution in [2.24, 2.45) is 0 Å². The van der Waals surface area contributed by atoms with Crippen LogP contribution in [0.5, 0.6) is 0 Å². The quantitative estimate of drug-likeness (QED) is 0.808. The van der Waals surface area contributed by atoms with E-state index in [1.165, 1.54) is 4.88 Å². The zero-order chi connectivity index (χ0) is 11.2. The first-order valence-electron chi connectivity index (χ1n) is 5.15. The molecule has 0 amide bonds. The first kappa shape index (κ1) is 11.1. The molecule has 0 unspecified atom stereocenters. The molecule has 0 fully saturated rings. The normalized spacial score (nSPS) is 10.5. The lowest BCUT2D eigenvalue weighted by molar-refractivity contribution is 0.121. The fourth-order valence-electron chi connectivity index (χ4n) is 1.38. The molecule has 0 aliphatic heterocycles. The molecule has 2 heterocycles. The van der Waals surface area contributed by atoms with Crippen LogP contribution in [0.2, 0.25) is 0 Å². The van der Waals surface area contributed by atoms with Gasteiger partial charge in [0.05, 0.1) is 18.9 Å². The molecule has 0 saturated heterocycles. The Morgan fingerprint density at radius 1 is 1.38 bits per heavy atom. The molecule has 0 aromatic carbocycles. The van der Waals surface area contributed by atoms with Crippen molar-refractivity contribution in [1.82, 2.24) is 4.98 Å². The van der Waals surface area contributed by atoms with Crippen molar-refractivity contribution in [1.29, 1.82) is 0 Å². The summed E-state index contributed by atoms with van der Waals surface area (Å²) in [6.07, 6.45) is 2.66. The average molecular weight is 234 g/mol. The van der Waals surface area contributed by atoms with Crippen LogP contribution in [0.4, 0.5) is 5.69 Å². The van der Waals surface area contributed by atoms with E-state index >= 15 is 0 Å². The van der Waals surface area contributed by atoms with Gasteiger partial charge in [0.2, 0.25) is 0 Å². The molecule has 0 bridgehead atoms. The van der Waals surface area contributed by atoms with E-state index in [0.29, 0.717) is 6.61 Å². The van der Waals surface area contributed by atoms with Crippen molar-refractivity contribution in [3.63, 3.8) is 0 Å². The minimum atomic E-state index is 0.524. The van der Waals surface area contributed by atoms with Crippen LogP contribution in [0.3, 0.4) is 0 Å². The van der Waals surface area contributed by atoms with Gasteiger partial charge >= 0.3 is 0 Å². The number of nitrogen functional groups attached to an aromatic ring is 1. The number of pyridine rings is 1. The minimum Gasteiger partial charge on any atom is -0.399 e. The maximum atomic E-state index is 5.65. The third-order valence-corrected chi connectivity index (χ3v) is 3.10. The number of anilines is 1. The van der Waals surface area contributed by atoms with Gasteiger partial charge in [0.15, 0.2) is 0 Å². The Bertz CT molecular complexity index is 428. The molecule has 2 aromatic rings. The number of hydrogen-bond acceptors (Lipinski definition) is 4. The highest BCUT2D eigenvalue weighted by Gasteiger charge is 1.97. The monoisotopic (exact) mass is 234 g/mol. The van der Waals surface area contributed by atoms with Crippen molar-refractivity contribution in [3.05, 3.63) is 46.4 Å². The van der Waals surface area contributed by atoms with E-state index in [9.17, 15) is 0 Å². The highest BCUT2D eigenvalue weighted by molar-refractivity contribution is 7.09. The Labute approximate surface area is 98.9 Å².